The van der Waals surface area contributed by atoms with Gasteiger partial charge in [0, 0.05) is 0 Å². The molecule has 0 unspecified atom stereocenters. The number of nitrogens with zero attached hydrogens (tertiary/aromatic N) is 2. The number of rotatable bonds is 2. The Morgan fingerprint density at radius 2 is 2.70 bits per heavy atom. The number of hydroxylamine groups is 1. The van der Waals surface area contributed by atoms with E-state index in [4.69, 9.17) is 5.26 Å². The molecular weight excluding hydrogens is 132 g/mol. The molecule has 0 amide bonds. The van der Waals surface area contributed by atoms with Gasteiger partial charge in [0.15, 0.2) is 0 Å². The second-order valence-corrected chi connectivity index (χ2v) is 1.90. The smallest absolute Gasteiger partial charge is 0.244 e. The van der Waals surface area contributed by atoms with Crippen molar-refractivity contribution in [3.63, 3.8) is 0 Å². The van der Waals surface area contributed by atoms with E-state index in [-0.39, 0.29) is 5.97 Å². The third-order valence-electron chi connectivity index (χ3n) is 1.12. The van der Waals surface area contributed by atoms with E-state index in [1.54, 1.807) is 6.21 Å². The van der Waals surface area contributed by atoms with Crippen LogP contribution >= 0.6 is 0 Å². The van der Waals surface area contributed by atoms with E-state index in [1.165, 1.54) is 4.74 Å². The topological polar surface area (TPSA) is 53.1 Å². The molecule has 4 nitrogen and oxygen atoms in total. The van der Waals surface area contributed by atoms with Gasteiger partial charge < -0.3 is 0 Å². The van der Waals surface area contributed by atoms with E-state index in [0.717, 1.165) is 0 Å². The fourth-order valence-electron chi connectivity index (χ4n) is 0.679. The van der Waals surface area contributed by atoms with Crippen molar-refractivity contribution >= 4 is 12.2 Å². The molecule has 4 heteroatoms. The lowest BCUT2D eigenvalue weighted by molar-refractivity contribution is -0.751. The van der Waals surface area contributed by atoms with Crippen molar-refractivity contribution in [1.29, 1.82) is 5.26 Å². The number of carbonyl (C=O) groups excluding carboxylic acids is 1. The summed E-state index contributed by atoms with van der Waals surface area (Å²) >= 11 is 0. The van der Waals surface area contributed by atoms with Crippen LogP contribution in [0.2, 0.25) is 0 Å². The van der Waals surface area contributed by atoms with Gasteiger partial charge in [-0.15, -0.1) is 0 Å². The average molecular weight is 139 g/mol. The molecule has 0 aromatic heterocycles. The number of nitriles is 1. The molecule has 0 bridgehead atoms. The minimum atomic E-state index is -0.252. The minimum absolute atomic E-state index is 0.252. The van der Waals surface area contributed by atoms with Crippen LogP contribution < -0.4 is 0 Å². The summed E-state index contributed by atoms with van der Waals surface area (Å²) in [5, 5.41) is 8.16. The first-order valence-electron chi connectivity index (χ1n) is 3.00. The molecule has 10 heavy (non-hydrogen) atoms. The molecule has 0 radical (unpaired) electrons. The summed E-state index contributed by atoms with van der Waals surface area (Å²) in [5.74, 6) is -0.252. The predicted molar refractivity (Wildman–Crippen MR) is 32.1 cm³/mol. The Hall–Kier alpha value is -1.37. The summed E-state index contributed by atoms with van der Waals surface area (Å²) in [6, 6.07) is 1.96. The van der Waals surface area contributed by atoms with Crippen molar-refractivity contribution in [1.82, 2.24) is 0 Å². The first-order chi connectivity index (χ1) is 4.83. The third-order valence-corrected chi connectivity index (χ3v) is 1.12. The Kier molecular flexibility index (Phi) is 2.00. The molecule has 0 N–H and O–H groups in total. The van der Waals surface area contributed by atoms with E-state index < -0.39 is 0 Å². The van der Waals surface area contributed by atoms with Crippen LogP contribution in [0.5, 0.6) is 0 Å². The van der Waals surface area contributed by atoms with Gasteiger partial charge in [0.2, 0.25) is 12.8 Å². The van der Waals surface area contributed by atoms with Crippen LogP contribution in [-0.2, 0) is 9.63 Å². The lowest BCUT2D eigenvalue weighted by Gasteiger charge is -1.87. The van der Waals surface area contributed by atoms with Crippen molar-refractivity contribution in [3.05, 3.63) is 0 Å². The van der Waals surface area contributed by atoms with Gasteiger partial charge in [0.25, 0.3) is 0 Å². The van der Waals surface area contributed by atoms with Gasteiger partial charge in [-0.2, -0.15) is 10.1 Å². The van der Waals surface area contributed by atoms with Crippen molar-refractivity contribution in [2.24, 2.45) is 0 Å². The fraction of sp³-hybridized carbons (Fsp3) is 0.500. The second kappa shape index (κ2) is 2.97. The lowest BCUT2D eigenvalue weighted by Crippen LogP contribution is -2.10. The van der Waals surface area contributed by atoms with Crippen LogP contribution in [-0.4, -0.2) is 23.5 Å². The molecular formula is C6H7N2O2+. The highest BCUT2D eigenvalue weighted by Gasteiger charge is 2.21. The summed E-state index contributed by atoms with van der Waals surface area (Å²) in [4.78, 5) is 15.1. The quantitative estimate of drug-likeness (QED) is 0.394. The van der Waals surface area contributed by atoms with Crippen LogP contribution in [0.1, 0.15) is 12.8 Å². The van der Waals surface area contributed by atoms with E-state index in [9.17, 15) is 4.79 Å². The fourth-order valence-corrected chi connectivity index (χ4v) is 0.679. The number of hydrogen-bond donors (Lipinski definition) is 0. The van der Waals surface area contributed by atoms with Crippen molar-refractivity contribution < 1.29 is 14.4 Å². The largest absolute Gasteiger partial charge is 0.389 e. The summed E-state index contributed by atoms with van der Waals surface area (Å²) in [6.45, 7) is 0.474. The highest BCUT2D eigenvalue weighted by molar-refractivity contribution is 5.85. The maximum absolute atomic E-state index is 10.4. The Balaban J connectivity index is 2.32. The van der Waals surface area contributed by atoms with Gasteiger partial charge in [-0.1, -0.05) is 0 Å². The van der Waals surface area contributed by atoms with Crippen molar-refractivity contribution in [2.45, 2.75) is 12.8 Å². The van der Waals surface area contributed by atoms with E-state index in [1.807, 2.05) is 6.07 Å². The Morgan fingerprint density at radius 1 is 1.90 bits per heavy atom. The van der Waals surface area contributed by atoms with Gasteiger partial charge in [0.05, 0.1) is 12.5 Å². The van der Waals surface area contributed by atoms with Crippen molar-refractivity contribution in [2.75, 3.05) is 6.54 Å². The monoisotopic (exact) mass is 139 g/mol. The molecule has 1 heterocycles. The van der Waals surface area contributed by atoms with Crippen LogP contribution in [0.4, 0.5) is 0 Å². The van der Waals surface area contributed by atoms with E-state index >= 15 is 0 Å². The zero-order valence-electron chi connectivity index (χ0n) is 5.41. The first-order valence-corrected chi connectivity index (χ1v) is 3.00. The highest BCUT2D eigenvalue weighted by atomic mass is 16.7. The summed E-state index contributed by atoms with van der Waals surface area (Å²) in [5.41, 5.74) is 0. The molecule has 0 aliphatic carbocycles. The number of carbonyl (C=O) groups is 1. The maximum Gasteiger partial charge on any atom is 0.389 e. The molecule has 0 fully saturated rings. The SMILES string of the molecule is N#CCC[N+]1=CCC(=O)O1. The molecule has 0 aromatic carbocycles. The predicted octanol–water partition coefficient (Wildman–Crippen LogP) is -0.155. The van der Waals surface area contributed by atoms with Gasteiger partial charge in [0.1, 0.15) is 6.42 Å². The van der Waals surface area contributed by atoms with Crippen molar-refractivity contribution in [3.8, 4) is 6.07 Å². The maximum atomic E-state index is 10.4. The summed E-state index contributed by atoms with van der Waals surface area (Å²) in [7, 11) is 0. The van der Waals surface area contributed by atoms with Crippen LogP contribution in [0.25, 0.3) is 0 Å². The Labute approximate surface area is 58.3 Å². The zero-order chi connectivity index (χ0) is 7.40. The summed E-state index contributed by atoms with van der Waals surface area (Å²) < 4.78 is 1.39. The van der Waals surface area contributed by atoms with E-state index in [0.29, 0.717) is 19.4 Å². The lowest BCUT2D eigenvalue weighted by atomic mass is 10.5. The molecule has 1 rings (SSSR count). The standard InChI is InChI=1S/C6H7N2O2/c7-3-1-4-8-5-2-6(9)10-8/h5H,1-2,4H2/q+1. The normalized spacial score (nSPS) is 15.9. The van der Waals surface area contributed by atoms with Crippen LogP contribution in [0, 0.1) is 11.3 Å². The minimum Gasteiger partial charge on any atom is -0.244 e. The number of hydrogen-bond acceptors (Lipinski definition) is 3. The molecule has 0 atom stereocenters. The molecule has 0 aromatic rings. The van der Waals surface area contributed by atoms with Crippen LogP contribution in [0.15, 0.2) is 0 Å². The van der Waals surface area contributed by atoms with Gasteiger partial charge in [-0.3, -0.25) is 0 Å². The zero-order valence-corrected chi connectivity index (χ0v) is 5.41. The molecule has 1 aliphatic heterocycles. The Bertz CT molecular complexity index is 214. The van der Waals surface area contributed by atoms with Gasteiger partial charge >= 0.3 is 5.97 Å². The second-order valence-electron chi connectivity index (χ2n) is 1.90. The first kappa shape index (κ1) is 6.75. The molecule has 0 saturated carbocycles. The van der Waals surface area contributed by atoms with E-state index in [2.05, 4.69) is 4.84 Å². The Morgan fingerprint density at radius 3 is 3.20 bits per heavy atom. The highest BCUT2D eigenvalue weighted by Crippen LogP contribution is 1.95. The van der Waals surface area contributed by atoms with Crippen LogP contribution in [0.3, 0.4) is 0 Å². The molecule has 1 aliphatic rings. The molecule has 52 valence electrons. The third kappa shape index (κ3) is 1.55. The van der Waals surface area contributed by atoms with Gasteiger partial charge in [-0.25, -0.2) is 4.79 Å². The van der Waals surface area contributed by atoms with Gasteiger partial charge in [-0.05, 0) is 4.74 Å². The molecule has 0 spiro atoms. The molecule has 0 saturated heterocycles. The average Bonchev–Trinajstić information content (AvgIpc) is 2.31. The summed E-state index contributed by atoms with van der Waals surface area (Å²) in [6.07, 6.45) is 2.34.